The number of aryl methyl sites for hydroxylation is 1. The highest BCUT2D eigenvalue weighted by Gasteiger charge is 2.02. The Labute approximate surface area is 183 Å². The summed E-state index contributed by atoms with van der Waals surface area (Å²) < 4.78 is 6.01. The van der Waals surface area contributed by atoms with Crippen LogP contribution >= 0.6 is 0 Å². The van der Waals surface area contributed by atoms with E-state index in [9.17, 15) is 0 Å². The molecule has 0 heterocycles. The van der Waals surface area contributed by atoms with E-state index in [1.165, 1.54) is 85.3 Å². The summed E-state index contributed by atoms with van der Waals surface area (Å²) in [6.45, 7) is 5.23. The number of hydrogen-bond donors (Lipinski definition) is 0. The largest absolute Gasteiger partial charge is 0.494 e. The molecule has 0 spiro atoms. The molecule has 3 aromatic rings. The molecule has 0 radical (unpaired) electrons. The molecule has 30 heavy (non-hydrogen) atoms. The standard InChI is InChI=1S/C29H38O/c1-3-4-5-6-7-8-9-10-11-12-21-30-29-20-19-27-22-26(17-18-28(27)23-29)25-15-13-24(2)14-16-25/h13-20,22-23H,3-12,21H2,1-2H3. The number of rotatable bonds is 13. The fourth-order valence-electron chi connectivity index (χ4n) is 4.02. The summed E-state index contributed by atoms with van der Waals surface area (Å²) in [5.74, 6) is 0.988. The van der Waals surface area contributed by atoms with Crippen LogP contribution in [0.5, 0.6) is 5.75 Å². The van der Waals surface area contributed by atoms with Gasteiger partial charge in [-0.25, -0.2) is 0 Å². The first kappa shape index (κ1) is 22.4. The van der Waals surface area contributed by atoms with E-state index >= 15 is 0 Å². The normalized spacial score (nSPS) is 11.1. The van der Waals surface area contributed by atoms with Gasteiger partial charge in [-0.1, -0.05) is 113 Å². The molecular formula is C29H38O. The Balaban J connectivity index is 1.39. The van der Waals surface area contributed by atoms with Crippen LogP contribution in [-0.2, 0) is 0 Å². The summed E-state index contributed by atoms with van der Waals surface area (Å²) in [7, 11) is 0. The fourth-order valence-corrected chi connectivity index (χ4v) is 4.02. The fraction of sp³-hybridized carbons (Fsp3) is 0.448. The van der Waals surface area contributed by atoms with E-state index in [-0.39, 0.29) is 0 Å². The van der Waals surface area contributed by atoms with Crippen molar-refractivity contribution in [3.05, 3.63) is 66.2 Å². The van der Waals surface area contributed by atoms with E-state index < -0.39 is 0 Å². The molecule has 0 bridgehead atoms. The first-order valence-electron chi connectivity index (χ1n) is 12.0. The molecule has 0 aliphatic rings. The Hall–Kier alpha value is -2.28. The summed E-state index contributed by atoms with van der Waals surface area (Å²) in [5.41, 5.74) is 3.83. The zero-order valence-electron chi connectivity index (χ0n) is 19.0. The second-order valence-corrected chi connectivity index (χ2v) is 8.62. The quantitative estimate of drug-likeness (QED) is 0.259. The van der Waals surface area contributed by atoms with Crippen LogP contribution in [0.15, 0.2) is 60.7 Å². The molecular weight excluding hydrogens is 364 g/mol. The van der Waals surface area contributed by atoms with E-state index in [1.807, 2.05) is 0 Å². The number of unbranched alkanes of at least 4 members (excludes halogenated alkanes) is 9. The molecule has 0 aliphatic carbocycles. The average molecular weight is 403 g/mol. The van der Waals surface area contributed by atoms with Gasteiger partial charge in [0.1, 0.15) is 5.75 Å². The molecule has 0 unspecified atom stereocenters. The van der Waals surface area contributed by atoms with Crippen molar-refractivity contribution in [1.82, 2.24) is 0 Å². The third-order valence-corrected chi connectivity index (χ3v) is 5.96. The molecule has 0 atom stereocenters. The van der Waals surface area contributed by atoms with Crippen molar-refractivity contribution in [2.24, 2.45) is 0 Å². The van der Waals surface area contributed by atoms with Gasteiger partial charge in [-0.2, -0.15) is 0 Å². The maximum absolute atomic E-state index is 6.01. The van der Waals surface area contributed by atoms with Crippen LogP contribution in [-0.4, -0.2) is 6.61 Å². The van der Waals surface area contributed by atoms with E-state index in [2.05, 4.69) is 74.5 Å². The van der Waals surface area contributed by atoms with Gasteiger partial charge >= 0.3 is 0 Å². The molecule has 1 heteroatoms. The van der Waals surface area contributed by atoms with Gasteiger partial charge in [-0.15, -0.1) is 0 Å². The molecule has 1 nitrogen and oxygen atoms in total. The van der Waals surface area contributed by atoms with Crippen LogP contribution in [0.2, 0.25) is 0 Å². The van der Waals surface area contributed by atoms with E-state index in [0.717, 1.165) is 18.8 Å². The van der Waals surface area contributed by atoms with Crippen LogP contribution in [0.25, 0.3) is 21.9 Å². The lowest BCUT2D eigenvalue weighted by molar-refractivity contribution is 0.304. The summed E-state index contributed by atoms with van der Waals surface area (Å²) in [6.07, 6.45) is 13.6. The lowest BCUT2D eigenvalue weighted by Crippen LogP contribution is -1.97. The van der Waals surface area contributed by atoms with E-state index in [0.29, 0.717) is 0 Å². The molecule has 0 aromatic heterocycles. The Morgan fingerprint density at radius 3 is 1.83 bits per heavy atom. The van der Waals surface area contributed by atoms with Gasteiger partial charge in [-0.3, -0.25) is 0 Å². The minimum absolute atomic E-state index is 0.823. The minimum Gasteiger partial charge on any atom is -0.494 e. The number of fused-ring (bicyclic) bond motifs is 1. The third-order valence-electron chi connectivity index (χ3n) is 5.96. The van der Waals surface area contributed by atoms with Crippen molar-refractivity contribution in [3.8, 4) is 16.9 Å². The van der Waals surface area contributed by atoms with Crippen LogP contribution in [0.4, 0.5) is 0 Å². The summed E-state index contributed by atoms with van der Waals surface area (Å²) in [5, 5.41) is 2.51. The predicted octanol–water partition coefficient (Wildman–Crippen LogP) is 9.11. The predicted molar refractivity (Wildman–Crippen MR) is 131 cm³/mol. The van der Waals surface area contributed by atoms with Crippen LogP contribution in [0.3, 0.4) is 0 Å². The highest BCUT2D eigenvalue weighted by atomic mass is 16.5. The smallest absolute Gasteiger partial charge is 0.119 e. The minimum atomic E-state index is 0.823. The highest BCUT2D eigenvalue weighted by molar-refractivity contribution is 5.88. The van der Waals surface area contributed by atoms with Gasteiger partial charge < -0.3 is 4.74 Å². The molecule has 3 aromatic carbocycles. The lowest BCUT2D eigenvalue weighted by Gasteiger charge is -2.09. The summed E-state index contributed by atoms with van der Waals surface area (Å²) in [4.78, 5) is 0. The Morgan fingerprint density at radius 1 is 0.567 bits per heavy atom. The van der Waals surface area contributed by atoms with Crippen molar-refractivity contribution in [2.45, 2.75) is 78.1 Å². The van der Waals surface area contributed by atoms with Crippen molar-refractivity contribution < 1.29 is 4.74 Å². The van der Waals surface area contributed by atoms with Gasteiger partial charge in [0.25, 0.3) is 0 Å². The molecule has 3 rings (SSSR count). The molecule has 0 saturated carbocycles. The van der Waals surface area contributed by atoms with Crippen LogP contribution in [0.1, 0.15) is 76.7 Å². The molecule has 0 saturated heterocycles. The Bertz CT molecular complexity index is 879. The van der Waals surface area contributed by atoms with Gasteiger partial charge in [0.2, 0.25) is 0 Å². The van der Waals surface area contributed by atoms with Crippen LogP contribution in [0, 0.1) is 6.92 Å². The molecule has 0 fully saturated rings. The second-order valence-electron chi connectivity index (χ2n) is 8.62. The first-order chi connectivity index (χ1) is 14.8. The summed E-state index contributed by atoms with van der Waals surface area (Å²) in [6, 6.07) is 21.9. The zero-order valence-corrected chi connectivity index (χ0v) is 19.0. The van der Waals surface area contributed by atoms with Crippen molar-refractivity contribution in [1.29, 1.82) is 0 Å². The Morgan fingerprint density at radius 2 is 1.13 bits per heavy atom. The van der Waals surface area contributed by atoms with Gasteiger partial charge in [0.15, 0.2) is 0 Å². The van der Waals surface area contributed by atoms with E-state index in [1.54, 1.807) is 0 Å². The maximum Gasteiger partial charge on any atom is 0.119 e. The van der Waals surface area contributed by atoms with Crippen molar-refractivity contribution in [2.75, 3.05) is 6.61 Å². The molecule has 0 N–H and O–H groups in total. The zero-order chi connectivity index (χ0) is 21.0. The monoisotopic (exact) mass is 402 g/mol. The summed E-state index contributed by atoms with van der Waals surface area (Å²) >= 11 is 0. The molecule has 0 aliphatic heterocycles. The van der Waals surface area contributed by atoms with Crippen molar-refractivity contribution in [3.63, 3.8) is 0 Å². The maximum atomic E-state index is 6.01. The topological polar surface area (TPSA) is 9.23 Å². The van der Waals surface area contributed by atoms with Gasteiger partial charge in [-0.05, 0) is 53.4 Å². The SMILES string of the molecule is CCCCCCCCCCCCOc1ccc2cc(-c3ccc(C)cc3)ccc2c1. The first-order valence-corrected chi connectivity index (χ1v) is 12.0. The van der Waals surface area contributed by atoms with Gasteiger partial charge in [0.05, 0.1) is 6.61 Å². The molecule has 160 valence electrons. The number of ether oxygens (including phenoxy) is 1. The van der Waals surface area contributed by atoms with Crippen molar-refractivity contribution >= 4 is 10.8 Å². The number of benzene rings is 3. The Kier molecular flexibility index (Phi) is 9.28. The second kappa shape index (κ2) is 12.4. The van der Waals surface area contributed by atoms with E-state index in [4.69, 9.17) is 4.74 Å². The highest BCUT2D eigenvalue weighted by Crippen LogP contribution is 2.27. The molecule has 0 amide bonds. The average Bonchev–Trinajstić information content (AvgIpc) is 2.77. The third kappa shape index (κ3) is 7.20. The lowest BCUT2D eigenvalue weighted by atomic mass is 10.0. The van der Waals surface area contributed by atoms with Gasteiger partial charge in [0, 0.05) is 0 Å². The van der Waals surface area contributed by atoms with Crippen LogP contribution < -0.4 is 4.74 Å². The number of hydrogen-bond acceptors (Lipinski definition) is 1.